The summed E-state index contributed by atoms with van der Waals surface area (Å²) < 4.78 is 0. The molecule has 3 aromatic carbocycles. The van der Waals surface area contributed by atoms with E-state index in [9.17, 15) is 14.4 Å². The zero-order valence-corrected chi connectivity index (χ0v) is 26.0. The van der Waals surface area contributed by atoms with Crippen LogP contribution in [0.4, 0.5) is 0 Å². The van der Waals surface area contributed by atoms with Crippen molar-refractivity contribution < 1.29 is 14.4 Å². The summed E-state index contributed by atoms with van der Waals surface area (Å²) in [5, 5.41) is 0. The van der Waals surface area contributed by atoms with E-state index in [0.29, 0.717) is 17.7 Å². The molecule has 7 nitrogen and oxygen atoms in total. The lowest BCUT2D eigenvalue weighted by molar-refractivity contribution is -0.123. The second kappa shape index (κ2) is 14.8. The maximum absolute atomic E-state index is 13.3. The fourth-order valence-electron chi connectivity index (χ4n) is 7.14. The van der Waals surface area contributed by atoms with Crippen LogP contribution in [0, 0.1) is 5.92 Å². The first-order valence-electron chi connectivity index (χ1n) is 16.2. The molecule has 232 valence electrons. The highest BCUT2D eigenvalue weighted by molar-refractivity contribution is 6.21. The molecule has 1 fully saturated rings. The van der Waals surface area contributed by atoms with Gasteiger partial charge >= 0.3 is 0 Å². The summed E-state index contributed by atoms with van der Waals surface area (Å²) in [5.41, 5.74) is 8.43. The topological polar surface area (TPSA) is 87.0 Å². The number of nitrogens with zero attached hydrogens (tertiary/aromatic N) is 3. The summed E-state index contributed by atoms with van der Waals surface area (Å²) in [6, 6.07) is 27.2. The van der Waals surface area contributed by atoms with Crippen LogP contribution in [0.3, 0.4) is 0 Å². The van der Waals surface area contributed by atoms with Gasteiger partial charge in [0.2, 0.25) is 5.91 Å². The van der Waals surface area contributed by atoms with Crippen molar-refractivity contribution in [3.8, 4) is 0 Å². The van der Waals surface area contributed by atoms with E-state index in [4.69, 9.17) is 5.73 Å². The van der Waals surface area contributed by atoms with E-state index in [2.05, 4.69) is 16.8 Å². The van der Waals surface area contributed by atoms with Crippen molar-refractivity contribution in [1.29, 1.82) is 0 Å². The van der Waals surface area contributed by atoms with Gasteiger partial charge in [0.15, 0.2) is 0 Å². The van der Waals surface area contributed by atoms with Gasteiger partial charge in [-0.15, -0.1) is 0 Å². The molecule has 5 rings (SSSR count). The summed E-state index contributed by atoms with van der Waals surface area (Å²) in [6.45, 7) is 5.35. The lowest BCUT2D eigenvalue weighted by Crippen LogP contribution is -2.49. The average Bonchev–Trinajstić information content (AvgIpc) is 3.61. The molecule has 0 bridgehead atoms. The van der Waals surface area contributed by atoms with Crippen LogP contribution in [0.1, 0.15) is 76.8 Å². The van der Waals surface area contributed by atoms with Gasteiger partial charge < -0.3 is 15.5 Å². The molecule has 0 aliphatic carbocycles. The Morgan fingerprint density at radius 3 is 1.84 bits per heavy atom. The van der Waals surface area contributed by atoms with E-state index in [1.165, 1.54) is 11.3 Å². The number of carbonyl (C=O) groups excluding carboxylic acids is 3. The van der Waals surface area contributed by atoms with E-state index in [0.717, 1.165) is 82.4 Å². The van der Waals surface area contributed by atoms with Gasteiger partial charge in [-0.2, -0.15) is 0 Å². The molecule has 0 aromatic heterocycles. The predicted molar refractivity (Wildman–Crippen MR) is 174 cm³/mol. The standard InChI is InChI=1S/C37H46N4O3/c1-39(23-14-4-2-3-5-15-24-41-34(42)32-20-12-13-21-33(32)35(41)43)26-27-40-25-22-31(28-40)37(36(38)44,29-16-8-6-9-17-29)30-18-10-7-11-19-30/h6-13,16-21,31H,2-5,14-15,22-28H2,1H3,(H2,38,44)/t31-/m1/s1. The van der Waals surface area contributed by atoms with Gasteiger partial charge in [0.25, 0.3) is 11.8 Å². The molecule has 3 aromatic rings. The summed E-state index contributed by atoms with van der Waals surface area (Å²) in [5.74, 6) is -0.468. The zero-order valence-electron chi connectivity index (χ0n) is 26.0. The minimum Gasteiger partial charge on any atom is -0.369 e. The number of nitrogens with two attached hydrogens (primary N) is 1. The van der Waals surface area contributed by atoms with Crippen LogP contribution < -0.4 is 5.73 Å². The molecule has 0 unspecified atom stereocenters. The SMILES string of the molecule is CN(CCCCCCCCN1C(=O)c2ccccc2C1=O)CCN1CC[C@@H](C(C(N)=O)(c2ccccc2)c2ccccc2)C1. The third-order valence-corrected chi connectivity index (χ3v) is 9.58. The third-order valence-electron chi connectivity index (χ3n) is 9.58. The molecule has 44 heavy (non-hydrogen) atoms. The van der Waals surface area contributed by atoms with Gasteiger partial charge in [-0.25, -0.2) is 0 Å². The largest absolute Gasteiger partial charge is 0.369 e. The Kier molecular flexibility index (Phi) is 10.6. The number of fused-ring (bicyclic) bond motifs is 1. The first-order valence-corrected chi connectivity index (χ1v) is 16.2. The number of rotatable bonds is 16. The van der Waals surface area contributed by atoms with Crippen molar-refractivity contribution in [2.75, 3.05) is 46.3 Å². The Labute approximate surface area is 262 Å². The number of carbonyl (C=O) groups is 3. The molecule has 2 heterocycles. The molecule has 1 atom stereocenters. The molecule has 2 aliphatic heterocycles. The van der Waals surface area contributed by atoms with Crippen molar-refractivity contribution in [2.24, 2.45) is 11.7 Å². The number of likely N-dealkylation sites (tertiary alicyclic amines) is 1. The van der Waals surface area contributed by atoms with Crippen molar-refractivity contribution >= 4 is 17.7 Å². The highest BCUT2D eigenvalue weighted by Crippen LogP contribution is 2.43. The Morgan fingerprint density at radius 1 is 0.750 bits per heavy atom. The van der Waals surface area contributed by atoms with Crippen LogP contribution in [0.25, 0.3) is 0 Å². The van der Waals surface area contributed by atoms with E-state index >= 15 is 0 Å². The monoisotopic (exact) mass is 594 g/mol. The Morgan fingerprint density at radius 2 is 1.27 bits per heavy atom. The van der Waals surface area contributed by atoms with E-state index in [1.807, 2.05) is 60.7 Å². The lowest BCUT2D eigenvalue weighted by atomic mass is 9.64. The van der Waals surface area contributed by atoms with Crippen LogP contribution in [0.5, 0.6) is 0 Å². The van der Waals surface area contributed by atoms with E-state index in [-0.39, 0.29) is 23.6 Å². The fourth-order valence-corrected chi connectivity index (χ4v) is 7.14. The van der Waals surface area contributed by atoms with Crippen LogP contribution >= 0.6 is 0 Å². The molecule has 7 heteroatoms. The molecular formula is C37H46N4O3. The first-order chi connectivity index (χ1) is 21.4. The minimum atomic E-state index is -0.840. The predicted octanol–water partition coefficient (Wildman–Crippen LogP) is 5.35. The normalized spacial score (nSPS) is 17.0. The molecular weight excluding hydrogens is 548 g/mol. The van der Waals surface area contributed by atoms with Gasteiger partial charge in [-0.05, 0) is 68.6 Å². The second-order valence-electron chi connectivity index (χ2n) is 12.4. The zero-order chi connectivity index (χ0) is 30.9. The van der Waals surface area contributed by atoms with Gasteiger partial charge in [-0.1, -0.05) is 98.5 Å². The number of hydrogen-bond donors (Lipinski definition) is 1. The van der Waals surface area contributed by atoms with Gasteiger partial charge in [0.05, 0.1) is 11.1 Å². The van der Waals surface area contributed by atoms with Crippen LogP contribution in [0.15, 0.2) is 84.9 Å². The third kappa shape index (κ3) is 6.79. The van der Waals surface area contributed by atoms with Gasteiger partial charge in [0, 0.05) is 26.2 Å². The van der Waals surface area contributed by atoms with Crippen LogP contribution in [-0.4, -0.2) is 78.7 Å². The number of likely N-dealkylation sites (N-methyl/N-ethyl adjacent to an activating group) is 1. The number of amides is 3. The summed E-state index contributed by atoms with van der Waals surface area (Å²) in [7, 11) is 2.19. The average molecular weight is 595 g/mol. The molecule has 0 saturated carbocycles. The molecule has 0 radical (unpaired) electrons. The number of unbranched alkanes of at least 4 members (excludes halogenated alkanes) is 5. The first kappa shape index (κ1) is 31.6. The molecule has 2 aliphatic rings. The maximum Gasteiger partial charge on any atom is 0.261 e. The van der Waals surface area contributed by atoms with Crippen LogP contribution in [0.2, 0.25) is 0 Å². The fraction of sp³-hybridized carbons (Fsp3) is 0.432. The maximum atomic E-state index is 13.3. The number of benzene rings is 3. The van der Waals surface area contributed by atoms with Gasteiger partial charge in [-0.3, -0.25) is 19.3 Å². The molecule has 2 N–H and O–H groups in total. The summed E-state index contributed by atoms with van der Waals surface area (Å²) >= 11 is 0. The molecule has 1 saturated heterocycles. The van der Waals surface area contributed by atoms with Crippen LogP contribution in [-0.2, 0) is 10.2 Å². The number of hydrogen-bond acceptors (Lipinski definition) is 5. The smallest absolute Gasteiger partial charge is 0.261 e. The van der Waals surface area contributed by atoms with Crippen molar-refractivity contribution in [2.45, 2.75) is 50.4 Å². The van der Waals surface area contributed by atoms with E-state index in [1.54, 1.807) is 24.3 Å². The summed E-state index contributed by atoms with van der Waals surface area (Å²) in [4.78, 5) is 44.6. The van der Waals surface area contributed by atoms with E-state index < -0.39 is 5.41 Å². The Hall–Kier alpha value is -3.81. The Balaban J connectivity index is 1.00. The van der Waals surface area contributed by atoms with Gasteiger partial charge in [0.1, 0.15) is 5.41 Å². The van der Waals surface area contributed by atoms with Crippen molar-refractivity contribution in [3.05, 3.63) is 107 Å². The summed E-state index contributed by atoms with van der Waals surface area (Å²) in [6.07, 6.45) is 7.43. The lowest BCUT2D eigenvalue weighted by Gasteiger charge is -2.37. The highest BCUT2D eigenvalue weighted by atomic mass is 16.2. The minimum absolute atomic E-state index is 0.118. The van der Waals surface area contributed by atoms with Crippen molar-refractivity contribution in [3.63, 3.8) is 0 Å². The number of imide groups is 1. The molecule has 0 spiro atoms. The second-order valence-corrected chi connectivity index (χ2v) is 12.4. The van der Waals surface area contributed by atoms with Crippen molar-refractivity contribution in [1.82, 2.24) is 14.7 Å². The highest BCUT2D eigenvalue weighted by Gasteiger charge is 2.49. The Bertz CT molecular complexity index is 1340. The molecule has 3 amide bonds. The number of primary amides is 1. The quantitative estimate of drug-likeness (QED) is 0.179.